The van der Waals surface area contributed by atoms with Crippen molar-refractivity contribution in [3.8, 4) is 0 Å². The Morgan fingerprint density at radius 1 is 0.744 bits per heavy atom. The Morgan fingerprint density at radius 3 is 1.60 bits per heavy atom. The van der Waals surface area contributed by atoms with Gasteiger partial charge in [0.15, 0.2) is 0 Å². The van der Waals surface area contributed by atoms with Crippen LogP contribution in [-0.2, 0) is 28.2 Å². The van der Waals surface area contributed by atoms with Gasteiger partial charge in [0.05, 0.1) is 57.9 Å². The number of hydrogen-bond donors (Lipinski definition) is 1. The smallest absolute Gasteiger partial charge is 0.333 e. The van der Waals surface area contributed by atoms with Crippen LogP contribution in [0.2, 0.25) is 0 Å². The highest BCUT2D eigenvalue weighted by Gasteiger charge is 2.67. The van der Waals surface area contributed by atoms with Crippen LogP contribution >= 0.6 is 7.60 Å². The lowest BCUT2D eigenvalue weighted by atomic mass is 9.41. The lowest BCUT2D eigenvalue weighted by Gasteiger charge is -2.62. The minimum atomic E-state index is -3.80. The molecule has 3 atom stereocenters. The van der Waals surface area contributed by atoms with Crippen molar-refractivity contribution in [3.63, 3.8) is 0 Å². The summed E-state index contributed by atoms with van der Waals surface area (Å²) in [6, 6.07) is 0. The normalized spacial score (nSPS) is 17.5. The molecule has 43 heavy (non-hydrogen) atoms. The second-order valence-corrected chi connectivity index (χ2v) is 18.5. The molecule has 0 aromatic heterocycles. The number of nitrogens with zero attached hydrogens (tertiary/aromatic N) is 1. The van der Waals surface area contributed by atoms with Gasteiger partial charge in [0.25, 0.3) is 0 Å². The fourth-order valence-corrected chi connectivity index (χ4v) is 7.18. The van der Waals surface area contributed by atoms with Crippen LogP contribution in [0.25, 0.3) is 0 Å². The second-order valence-electron chi connectivity index (χ2n) is 16.5. The van der Waals surface area contributed by atoms with E-state index in [2.05, 4.69) is 41.5 Å². The van der Waals surface area contributed by atoms with Gasteiger partial charge in [0.1, 0.15) is 6.61 Å². The van der Waals surface area contributed by atoms with Gasteiger partial charge in [0, 0.05) is 0 Å². The van der Waals surface area contributed by atoms with E-state index in [-0.39, 0.29) is 30.8 Å². The molecule has 0 aliphatic rings. The van der Waals surface area contributed by atoms with Crippen LogP contribution in [0.3, 0.4) is 0 Å². The highest BCUT2D eigenvalue weighted by Crippen LogP contribution is 2.66. The maximum absolute atomic E-state index is 14.0. The molecule has 0 saturated heterocycles. The van der Waals surface area contributed by atoms with Crippen LogP contribution < -0.4 is 0 Å². The highest BCUT2D eigenvalue weighted by atomic mass is 31.2. The zero-order chi connectivity index (χ0) is 34.9. The van der Waals surface area contributed by atoms with Crippen molar-refractivity contribution >= 4 is 19.5 Å². The van der Waals surface area contributed by atoms with E-state index in [1.165, 1.54) is 0 Å². The SMILES string of the molecule is CC.CCCCOC(=O)C(C)(C(C)(C)C)C(C)(C)C(C)(C)C(C)(CC(C)(C)C)C(=O)OCCOP(=O)(O)CC[N+](C)(C)C. The van der Waals surface area contributed by atoms with E-state index in [9.17, 15) is 19.0 Å². The van der Waals surface area contributed by atoms with Gasteiger partial charge in [-0.1, -0.05) is 96.4 Å². The molecule has 0 rings (SSSR count). The molecule has 0 saturated carbocycles. The van der Waals surface area contributed by atoms with E-state index in [1.54, 1.807) is 0 Å². The van der Waals surface area contributed by atoms with Crippen molar-refractivity contribution in [1.82, 2.24) is 0 Å². The summed E-state index contributed by atoms with van der Waals surface area (Å²) in [7, 11) is 2.02. The molecule has 0 radical (unpaired) electrons. The third kappa shape index (κ3) is 11.7. The van der Waals surface area contributed by atoms with Gasteiger partial charge in [0.2, 0.25) is 0 Å². The molecule has 0 aliphatic heterocycles. The van der Waals surface area contributed by atoms with Gasteiger partial charge in [-0.15, -0.1) is 0 Å². The Kier molecular flexibility index (Phi) is 16.5. The van der Waals surface area contributed by atoms with E-state index in [1.807, 2.05) is 83.5 Å². The van der Waals surface area contributed by atoms with Gasteiger partial charge in [-0.3, -0.25) is 14.2 Å². The largest absolute Gasteiger partial charge is 0.465 e. The summed E-state index contributed by atoms with van der Waals surface area (Å²) >= 11 is 0. The predicted molar refractivity (Wildman–Crippen MR) is 179 cm³/mol. The first-order valence-corrected chi connectivity index (χ1v) is 17.9. The molecule has 1 N–H and O–H groups in total. The van der Waals surface area contributed by atoms with E-state index in [0.717, 1.165) is 12.8 Å². The Bertz CT molecular complexity index is 924. The highest BCUT2D eigenvalue weighted by molar-refractivity contribution is 7.52. The fraction of sp³-hybridized carbons (Fsp3) is 0.941. The summed E-state index contributed by atoms with van der Waals surface area (Å²) in [6.07, 6.45) is 2.24. The van der Waals surface area contributed by atoms with E-state index in [4.69, 9.17) is 14.0 Å². The van der Waals surface area contributed by atoms with Crippen LogP contribution in [0, 0.1) is 32.5 Å². The molecule has 0 spiro atoms. The number of carbonyl (C=O) groups is 2. The first-order chi connectivity index (χ1) is 19.0. The predicted octanol–water partition coefficient (Wildman–Crippen LogP) is 8.35. The standard InChI is InChI=1S/C32H64NO7P.C2H6/c1-17-18-20-38-26(35)32(13,28(5,6)7)30(10,11)29(8,9)31(12,24-27(2,3)4)25(34)39-21-22-40-41(36,37)23-19-33(14,15)16;1-2/h17-24H2,1-16H3;1-2H3/p+1. The van der Waals surface area contributed by atoms with Crippen molar-refractivity contribution in [1.29, 1.82) is 0 Å². The molecule has 0 bridgehead atoms. The van der Waals surface area contributed by atoms with Crippen LogP contribution in [0.4, 0.5) is 0 Å². The van der Waals surface area contributed by atoms with Crippen LogP contribution in [0.5, 0.6) is 0 Å². The number of rotatable bonds is 16. The Hall–Kier alpha value is -0.950. The molecule has 9 heteroatoms. The fourth-order valence-electron chi connectivity index (χ4n) is 5.84. The molecule has 3 unspecified atom stereocenters. The van der Waals surface area contributed by atoms with Crippen molar-refractivity contribution in [2.24, 2.45) is 32.5 Å². The van der Waals surface area contributed by atoms with Gasteiger partial charge in [-0.25, -0.2) is 0 Å². The van der Waals surface area contributed by atoms with E-state index in [0.29, 0.717) is 24.1 Å². The van der Waals surface area contributed by atoms with Crippen molar-refractivity contribution < 1.29 is 37.5 Å². The minimum absolute atomic E-state index is 0.0210. The van der Waals surface area contributed by atoms with Crippen LogP contribution in [0.15, 0.2) is 0 Å². The van der Waals surface area contributed by atoms with Gasteiger partial charge in [-0.2, -0.15) is 0 Å². The number of esters is 2. The molecule has 0 aliphatic carbocycles. The molecule has 0 aromatic rings. The Morgan fingerprint density at radius 2 is 1.21 bits per heavy atom. The molecule has 258 valence electrons. The molecule has 0 amide bonds. The first-order valence-electron chi connectivity index (χ1n) is 16.1. The van der Waals surface area contributed by atoms with Crippen molar-refractivity contribution in [2.75, 3.05) is 53.7 Å². The van der Waals surface area contributed by atoms with E-state index >= 15 is 0 Å². The number of carbonyl (C=O) groups excluding carboxylic acids is 2. The van der Waals surface area contributed by atoms with Gasteiger partial charge in [-0.05, 0) is 48.3 Å². The number of quaternary nitrogens is 1. The van der Waals surface area contributed by atoms with Crippen molar-refractivity contribution in [3.05, 3.63) is 0 Å². The number of hydrogen-bond acceptors (Lipinski definition) is 6. The summed E-state index contributed by atoms with van der Waals surface area (Å²) in [6.45, 7) is 31.1. The number of unbranched alkanes of at least 4 members (excludes halogenated alkanes) is 1. The molecule has 0 fully saturated rings. The average Bonchev–Trinajstić information content (AvgIpc) is 2.83. The summed E-state index contributed by atoms with van der Waals surface area (Å²) in [5.41, 5.74) is -4.17. The summed E-state index contributed by atoms with van der Waals surface area (Å²) in [5, 5.41) is 0. The molecule has 0 heterocycles. The molecular formula is C34H71NO7P+. The maximum Gasteiger partial charge on any atom is 0.333 e. The van der Waals surface area contributed by atoms with E-state index < -0.39 is 40.6 Å². The molecular weight excluding hydrogens is 565 g/mol. The average molecular weight is 637 g/mol. The molecule has 8 nitrogen and oxygen atoms in total. The lowest BCUT2D eigenvalue weighted by molar-refractivity contribution is -0.867. The maximum atomic E-state index is 14.0. The third-order valence-corrected chi connectivity index (χ3v) is 11.2. The summed E-state index contributed by atoms with van der Waals surface area (Å²) in [4.78, 5) is 38.1. The number of ether oxygens (including phenoxy) is 2. The quantitative estimate of drug-likeness (QED) is 0.0787. The summed E-state index contributed by atoms with van der Waals surface area (Å²) < 4.78 is 30.0. The van der Waals surface area contributed by atoms with Crippen LogP contribution in [-0.4, -0.2) is 75.0 Å². The minimum Gasteiger partial charge on any atom is -0.465 e. The topological polar surface area (TPSA) is 99.1 Å². The van der Waals surface area contributed by atoms with Crippen LogP contribution in [0.1, 0.15) is 123 Å². The van der Waals surface area contributed by atoms with Gasteiger partial charge < -0.3 is 23.4 Å². The van der Waals surface area contributed by atoms with Crippen molar-refractivity contribution in [2.45, 2.75) is 123 Å². The van der Waals surface area contributed by atoms with Gasteiger partial charge >= 0.3 is 19.5 Å². The third-order valence-electron chi connectivity index (χ3n) is 9.83. The monoisotopic (exact) mass is 636 g/mol. The lowest BCUT2D eigenvalue weighted by Crippen LogP contribution is -2.63. The Labute approximate surface area is 266 Å². The zero-order valence-electron chi connectivity index (χ0n) is 31.4. The Balaban J connectivity index is 0. The summed E-state index contributed by atoms with van der Waals surface area (Å²) in [5.74, 6) is -0.673. The first kappa shape index (κ1) is 44.2. The zero-order valence-corrected chi connectivity index (χ0v) is 32.3. The second kappa shape index (κ2) is 16.1. The molecule has 0 aromatic carbocycles.